The second-order valence-corrected chi connectivity index (χ2v) is 5.86. The highest BCUT2D eigenvalue weighted by atomic mass is 19.1. The average molecular weight is 345 g/mol. The molecule has 7 heteroatoms. The molecule has 25 heavy (non-hydrogen) atoms. The first-order valence-corrected chi connectivity index (χ1v) is 8.06. The number of benzene rings is 1. The minimum atomic E-state index is -0.881. The average Bonchev–Trinajstić information content (AvgIpc) is 2.64. The summed E-state index contributed by atoms with van der Waals surface area (Å²) in [5, 5.41) is 2.33. The van der Waals surface area contributed by atoms with Crippen molar-refractivity contribution in [3.05, 3.63) is 59.4 Å². The van der Waals surface area contributed by atoms with Crippen LogP contribution in [-0.4, -0.2) is 34.8 Å². The van der Waals surface area contributed by atoms with E-state index in [4.69, 9.17) is 0 Å². The van der Waals surface area contributed by atoms with Crippen molar-refractivity contribution in [1.29, 1.82) is 0 Å². The lowest BCUT2D eigenvalue weighted by atomic mass is 10.1. The third-order valence-corrected chi connectivity index (χ3v) is 4.06. The fraction of sp³-hybridized carbons (Fsp3) is 0.278. The third kappa shape index (κ3) is 3.99. The molecule has 1 saturated heterocycles. The highest BCUT2D eigenvalue weighted by Gasteiger charge is 2.20. The number of carbonyl (C=O) groups is 2. The summed E-state index contributed by atoms with van der Waals surface area (Å²) in [4.78, 5) is 30.4. The van der Waals surface area contributed by atoms with Crippen molar-refractivity contribution in [2.24, 2.45) is 0 Å². The first-order chi connectivity index (χ1) is 12.0. The van der Waals surface area contributed by atoms with Crippen molar-refractivity contribution < 1.29 is 18.4 Å². The van der Waals surface area contributed by atoms with E-state index >= 15 is 0 Å². The van der Waals surface area contributed by atoms with Crippen LogP contribution in [0.5, 0.6) is 0 Å². The number of carbonyl (C=O) groups excluding carboxylic acids is 2. The summed E-state index contributed by atoms with van der Waals surface area (Å²) in [5.74, 6) is -2.43. The number of amides is 2. The molecule has 0 radical (unpaired) electrons. The molecule has 3 rings (SSSR count). The largest absolute Gasteiger partial charge is 0.339 e. The van der Waals surface area contributed by atoms with Crippen LogP contribution in [-0.2, 0) is 0 Å². The maximum Gasteiger partial charge on any atom is 0.274 e. The summed E-state index contributed by atoms with van der Waals surface area (Å²) in [7, 11) is 0. The van der Waals surface area contributed by atoms with Gasteiger partial charge in [0.25, 0.3) is 11.8 Å². The molecule has 0 saturated carbocycles. The summed E-state index contributed by atoms with van der Waals surface area (Å²) >= 11 is 0. The molecular weight excluding hydrogens is 328 g/mol. The number of rotatable bonds is 3. The van der Waals surface area contributed by atoms with Gasteiger partial charge >= 0.3 is 0 Å². The van der Waals surface area contributed by atoms with Gasteiger partial charge in [-0.05, 0) is 43.5 Å². The predicted octanol–water partition coefficient (Wildman–Crippen LogP) is 3.24. The van der Waals surface area contributed by atoms with E-state index < -0.39 is 17.5 Å². The summed E-state index contributed by atoms with van der Waals surface area (Å²) in [6, 6.07) is 5.78. The van der Waals surface area contributed by atoms with Gasteiger partial charge in [-0.25, -0.2) is 8.78 Å². The van der Waals surface area contributed by atoms with Gasteiger partial charge in [-0.2, -0.15) is 0 Å². The maximum absolute atomic E-state index is 13.6. The van der Waals surface area contributed by atoms with Crippen LogP contribution in [0.4, 0.5) is 14.5 Å². The molecule has 2 aromatic rings. The monoisotopic (exact) mass is 345 g/mol. The number of nitrogens with one attached hydrogen (secondary N) is 1. The fourth-order valence-corrected chi connectivity index (χ4v) is 2.74. The summed E-state index contributed by atoms with van der Waals surface area (Å²) in [6.45, 7) is 1.40. The van der Waals surface area contributed by atoms with E-state index in [1.165, 1.54) is 12.3 Å². The summed E-state index contributed by atoms with van der Waals surface area (Å²) in [5.41, 5.74) is 0.203. The van der Waals surface area contributed by atoms with E-state index in [1.54, 1.807) is 11.0 Å². The Labute approximate surface area is 143 Å². The van der Waals surface area contributed by atoms with E-state index in [-0.39, 0.29) is 17.3 Å². The Morgan fingerprint density at radius 1 is 1.04 bits per heavy atom. The van der Waals surface area contributed by atoms with Gasteiger partial charge in [-0.15, -0.1) is 0 Å². The Morgan fingerprint density at radius 3 is 2.52 bits per heavy atom. The van der Waals surface area contributed by atoms with Crippen LogP contribution in [0.1, 0.15) is 40.1 Å². The van der Waals surface area contributed by atoms with Gasteiger partial charge in [0.05, 0.1) is 5.69 Å². The Balaban J connectivity index is 1.76. The number of anilines is 1. The lowest BCUT2D eigenvalue weighted by Gasteiger charge is -2.26. The van der Waals surface area contributed by atoms with E-state index in [1.807, 2.05) is 0 Å². The first-order valence-electron chi connectivity index (χ1n) is 8.06. The third-order valence-electron chi connectivity index (χ3n) is 4.06. The van der Waals surface area contributed by atoms with Gasteiger partial charge in [0.2, 0.25) is 0 Å². The molecule has 0 aliphatic carbocycles. The van der Waals surface area contributed by atoms with Crippen LogP contribution in [0.3, 0.4) is 0 Å². The molecule has 0 spiro atoms. The normalized spacial score (nSPS) is 14.2. The van der Waals surface area contributed by atoms with Crippen LogP contribution < -0.4 is 5.32 Å². The van der Waals surface area contributed by atoms with Crippen molar-refractivity contribution in [3.63, 3.8) is 0 Å². The molecule has 130 valence electrons. The zero-order chi connectivity index (χ0) is 17.8. The molecule has 0 atom stereocenters. The number of nitrogens with zero attached hydrogens (tertiary/aromatic N) is 2. The second-order valence-electron chi connectivity index (χ2n) is 5.86. The number of hydrogen-bond acceptors (Lipinski definition) is 3. The molecule has 1 fully saturated rings. The SMILES string of the molecule is O=C(Nc1ccc(F)cc1F)c1cc(C(=O)N2CCCCC2)ccn1. The molecule has 5 nitrogen and oxygen atoms in total. The highest BCUT2D eigenvalue weighted by Crippen LogP contribution is 2.17. The quantitative estimate of drug-likeness (QED) is 0.929. The van der Waals surface area contributed by atoms with Crippen LogP contribution in [0.25, 0.3) is 0 Å². The van der Waals surface area contributed by atoms with Gasteiger partial charge < -0.3 is 10.2 Å². The van der Waals surface area contributed by atoms with E-state index in [0.29, 0.717) is 24.7 Å². The molecule has 1 N–H and O–H groups in total. The van der Waals surface area contributed by atoms with Gasteiger partial charge in [-0.3, -0.25) is 14.6 Å². The molecule has 2 amide bonds. The number of piperidine rings is 1. The molecule has 1 aliphatic heterocycles. The number of likely N-dealkylation sites (tertiary alicyclic amines) is 1. The summed E-state index contributed by atoms with van der Waals surface area (Å²) < 4.78 is 26.6. The van der Waals surface area contributed by atoms with Crippen molar-refractivity contribution in [2.75, 3.05) is 18.4 Å². The number of aromatic nitrogens is 1. The Hall–Kier alpha value is -2.83. The first kappa shape index (κ1) is 17.0. The van der Waals surface area contributed by atoms with Crippen LogP contribution in [0.2, 0.25) is 0 Å². The molecule has 1 aromatic carbocycles. The van der Waals surface area contributed by atoms with E-state index in [9.17, 15) is 18.4 Å². The zero-order valence-corrected chi connectivity index (χ0v) is 13.5. The van der Waals surface area contributed by atoms with Crippen molar-refractivity contribution in [3.8, 4) is 0 Å². The second kappa shape index (κ2) is 7.38. The van der Waals surface area contributed by atoms with Gasteiger partial charge in [0.1, 0.15) is 17.3 Å². The van der Waals surface area contributed by atoms with Crippen LogP contribution in [0, 0.1) is 11.6 Å². The van der Waals surface area contributed by atoms with E-state index in [2.05, 4.69) is 10.3 Å². The molecule has 1 aromatic heterocycles. The van der Waals surface area contributed by atoms with Crippen LogP contribution in [0.15, 0.2) is 36.5 Å². The minimum Gasteiger partial charge on any atom is -0.339 e. The number of pyridine rings is 1. The predicted molar refractivity (Wildman–Crippen MR) is 88.3 cm³/mol. The van der Waals surface area contributed by atoms with Crippen molar-refractivity contribution in [1.82, 2.24) is 9.88 Å². The van der Waals surface area contributed by atoms with Crippen LogP contribution >= 0.6 is 0 Å². The fourth-order valence-electron chi connectivity index (χ4n) is 2.74. The Kier molecular flexibility index (Phi) is 5.02. The van der Waals surface area contributed by atoms with Gasteiger partial charge in [0.15, 0.2) is 0 Å². The van der Waals surface area contributed by atoms with Gasteiger partial charge in [0, 0.05) is 30.9 Å². The standard InChI is InChI=1S/C18H17F2N3O2/c19-13-4-5-15(14(20)11-13)22-17(24)16-10-12(6-7-21-16)18(25)23-8-2-1-3-9-23/h4-7,10-11H,1-3,8-9H2,(H,22,24). The number of halogens is 2. The zero-order valence-electron chi connectivity index (χ0n) is 13.5. The minimum absolute atomic E-state index is 0.00779. The Morgan fingerprint density at radius 2 is 1.80 bits per heavy atom. The molecular formula is C18H17F2N3O2. The smallest absolute Gasteiger partial charge is 0.274 e. The van der Waals surface area contributed by atoms with Crippen molar-refractivity contribution >= 4 is 17.5 Å². The van der Waals surface area contributed by atoms with Gasteiger partial charge in [-0.1, -0.05) is 0 Å². The molecule has 0 unspecified atom stereocenters. The molecule has 1 aliphatic rings. The lowest BCUT2D eigenvalue weighted by molar-refractivity contribution is 0.0724. The Bertz CT molecular complexity index is 805. The van der Waals surface area contributed by atoms with Crippen molar-refractivity contribution in [2.45, 2.75) is 19.3 Å². The lowest BCUT2D eigenvalue weighted by Crippen LogP contribution is -2.35. The topological polar surface area (TPSA) is 62.3 Å². The number of hydrogen-bond donors (Lipinski definition) is 1. The molecule has 0 bridgehead atoms. The highest BCUT2D eigenvalue weighted by molar-refractivity contribution is 6.04. The van der Waals surface area contributed by atoms with E-state index in [0.717, 1.165) is 31.4 Å². The summed E-state index contributed by atoms with van der Waals surface area (Å²) in [6.07, 6.45) is 4.41. The maximum atomic E-state index is 13.6. The molecule has 2 heterocycles.